The molecule has 0 spiro atoms. The molecule has 0 saturated carbocycles. The van der Waals surface area contributed by atoms with E-state index in [0.717, 1.165) is 0 Å². The van der Waals surface area contributed by atoms with Crippen molar-refractivity contribution in [3.8, 4) is 0 Å². The summed E-state index contributed by atoms with van der Waals surface area (Å²) >= 11 is 0. The van der Waals surface area contributed by atoms with Crippen LogP contribution in [0.15, 0.2) is 0 Å². The molecule has 0 aromatic heterocycles. The van der Waals surface area contributed by atoms with Crippen molar-refractivity contribution in [3.63, 3.8) is 0 Å². The molecule has 0 unspecified atom stereocenters. The Balaban J connectivity index is -0.0000000750. The van der Waals surface area contributed by atoms with Crippen LogP contribution in [0.3, 0.4) is 0 Å². The summed E-state index contributed by atoms with van der Waals surface area (Å²) in [6.07, 6.45) is -4.25. The van der Waals surface area contributed by atoms with Gasteiger partial charge in [0.2, 0.25) is 0 Å². The van der Waals surface area contributed by atoms with E-state index in [2.05, 4.69) is 6.92 Å². The maximum Gasteiger partial charge on any atom is 2.00 e. The van der Waals surface area contributed by atoms with E-state index in [0.29, 0.717) is 0 Å². The predicted octanol–water partition coefficient (Wildman–Crippen LogP) is 2.22. The maximum atomic E-state index is 10.2. The minimum Gasteiger partial charge on any atom is -0.346 e. The van der Waals surface area contributed by atoms with Gasteiger partial charge < -0.3 is 6.92 Å². The summed E-state index contributed by atoms with van der Waals surface area (Å²) in [5.41, 5.74) is 0. The molecule has 1 radical (unpaired) electrons. The van der Waals surface area contributed by atoms with Crippen LogP contribution < -0.4 is 0 Å². The molecule has 0 fully saturated rings. The van der Waals surface area contributed by atoms with Crippen molar-refractivity contribution in [2.24, 2.45) is 0 Å². The van der Waals surface area contributed by atoms with E-state index in [1.807, 2.05) is 0 Å². The van der Waals surface area contributed by atoms with Gasteiger partial charge in [0, 0.05) is 0 Å². The summed E-state index contributed by atoms with van der Waals surface area (Å²) in [6.45, 7) is 6.77. The normalized spacial score (nSPS) is 8.25. The topological polar surface area (TPSA) is 0 Å². The third-order valence-electron chi connectivity index (χ3n) is 0. The molecule has 55 valence electrons. The van der Waals surface area contributed by atoms with Gasteiger partial charge in [0.05, 0.1) is 0 Å². The summed E-state index contributed by atoms with van der Waals surface area (Å²) < 4.78 is 30.7. The smallest absolute Gasteiger partial charge is 0.346 e. The minimum atomic E-state index is -4.25. The van der Waals surface area contributed by atoms with Crippen LogP contribution in [0.25, 0.3) is 0 Å². The van der Waals surface area contributed by atoms with Crippen LogP contribution in [0.2, 0.25) is 0 Å². The molecule has 0 bridgehead atoms. The van der Waals surface area contributed by atoms with Crippen LogP contribution in [0, 0.1) is 13.8 Å². The van der Waals surface area contributed by atoms with Crippen molar-refractivity contribution < 1.29 is 30.2 Å². The Labute approximate surface area is 57.9 Å². The van der Waals surface area contributed by atoms with E-state index >= 15 is 0 Å². The molecule has 0 nitrogen and oxygen atoms in total. The zero-order valence-electron chi connectivity index (χ0n) is 4.35. The second kappa shape index (κ2) is 7.31. The molecule has 0 heterocycles. The Kier molecular flexibility index (Phi) is 14.4. The number of rotatable bonds is 0. The Morgan fingerprint density at radius 2 is 1.12 bits per heavy atom. The van der Waals surface area contributed by atoms with Crippen LogP contribution in [-0.2, 0) is 17.1 Å². The van der Waals surface area contributed by atoms with Gasteiger partial charge in [-0.05, 0) is 0 Å². The molecular weight excluding hydrogens is 169 g/mol. The average molecular weight is 176 g/mol. The molecule has 0 aromatic rings. The van der Waals surface area contributed by atoms with Crippen molar-refractivity contribution >= 4 is 0 Å². The van der Waals surface area contributed by atoms with E-state index in [-0.39, 0.29) is 17.1 Å². The van der Waals surface area contributed by atoms with Gasteiger partial charge >= 0.3 is 17.1 Å². The number of alkyl halides is 3. The standard InChI is InChI=1S/C2H2F3.C2H5.Cu/c1-2(3,4)5;1-2;/h1H2;1H2,2H3;/q2*-1;+2. The first-order valence-electron chi connectivity index (χ1n) is 1.63. The van der Waals surface area contributed by atoms with Crippen molar-refractivity contribution in [2.75, 3.05) is 0 Å². The molecule has 0 amide bonds. The summed E-state index contributed by atoms with van der Waals surface area (Å²) in [5, 5.41) is 0. The van der Waals surface area contributed by atoms with Crippen molar-refractivity contribution in [1.29, 1.82) is 0 Å². The first-order chi connectivity index (χ1) is 3.00. The van der Waals surface area contributed by atoms with Gasteiger partial charge in [0.25, 0.3) is 6.18 Å². The van der Waals surface area contributed by atoms with E-state index in [1.54, 1.807) is 13.8 Å². The number of hydrogen-bond donors (Lipinski definition) is 0. The van der Waals surface area contributed by atoms with E-state index < -0.39 is 6.18 Å². The van der Waals surface area contributed by atoms with Crippen molar-refractivity contribution in [1.82, 2.24) is 0 Å². The first-order valence-corrected chi connectivity index (χ1v) is 1.63. The van der Waals surface area contributed by atoms with Gasteiger partial charge in [-0.1, -0.05) is 0 Å². The van der Waals surface area contributed by atoms with Gasteiger partial charge in [0.15, 0.2) is 0 Å². The Morgan fingerprint density at radius 3 is 1.12 bits per heavy atom. The molecular formula is C4H7CuF3. The van der Waals surface area contributed by atoms with E-state index in [9.17, 15) is 13.2 Å². The van der Waals surface area contributed by atoms with E-state index in [4.69, 9.17) is 0 Å². The molecule has 0 aliphatic carbocycles. The fourth-order valence-electron chi connectivity index (χ4n) is 0. The second-order valence-corrected chi connectivity index (χ2v) is 0.615. The molecule has 0 aliphatic rings. The third kappa shape index (κ3) is 1860. The van der Waals surface area contributed by atoms with E-state index in [1.165, 1.54) is 0 Å². The Hall–Kier alpha value is 0.309. The zero-order valence-corrected chi connectivity index (χ0v) is 5.29. The average Bonchev–Trinajstić information content (AvgIpc) is 1.36. The molecule has 0 saturated heterocycles. The van der Waals surface area contributed by atoms with Gasteiger partial charge in [-0.25, -0.2) is 20.1 Å². The van der Waals surface area contributed by atoms with Crippen LogP contribution in [-0.4, -0.2) is 6.18 Å². The summed E-state index contributed by atoms with van der Waals surface area (Å²) in [6, 6.07) is 0. The van der Waals surface area contributed by atoms with Crippen LogP contribution in [0.5, 0.6) is 0 Å². The molecule has 0 aliphatic heterocycles. The Morgan fingerprint density at radius 1 is 1.12 bits per heavy atom. The number of hydrogen-bond acceptors (Lipinski definition) is 0. The Bertz CT molecular complexity index is 26.8. The van der Waals surface area contributed by atoms with Gasteiger partial charge in [-0.2, -0.15) is 6.92 Å². The third-order valence-corrected chi connectivity index (χ3v) is 0. The summed E-state index contributed by atoms with van der Waals surface area (Å²) in [7, 11) is 0. The van der Waals surface area contributed by atoms with Gasteiger partial charge in [0.1, 0.15) is 0 Å². The molecule has 0 atom stereocenters. The monoisotopic (exact) mass is 175 g/mol. The summed E-state index contributed by atoms with van der Waals surface area (Å²) in [4.78, 5) is 0. The van der Waals surface area contributed by atoms with Gasteiger partial charge in [-0.3, -0.25) is 0 Å². The second-order valence-electron chi connectivity index (χ2n) is 0.615. The fraction of sp³-hybridized carbons (Fsp3) is 0.500. The predicted molar refractivity (Wildman–Crippen MR) is 22.4 cm³/mol. The fourth-order valence-corrected chi connectivity index (χ4v) is 0. The molecule has 0 N–H and O–H groups in total. The van der Waals surface area contributed by atoms with Crippen LogP contribution in [0.4, 0.5) is 13.2 Å². The molecule has 0 aromatic carbocycles. The van der Waals surface area contributed by atoms with Gasteiger partial charge in [-0.15, -0.1) is 0 Å². The maximum absolute atomic E-state index is 10.2. The number of halogens is 3. The molecule has 0 rings (SSSR count). The largest absolute Gasteiger partial charge is 2.00 e. The van der Waals surface area contributed by atoms with Crippen molar-refractivity contribution in [3.05, 3.63) is 13.8 Å². The quantitative estimate of drug-likeness (QED) is 0.391. The molecule has 8 heavy (non-hydrogen) atoms. The SMILES string of the molecule is [CH2-]C.[CH2-]C(F)(F)F.[Cu+2]. The first kappa shape index (κ1) is 15.7. The van der Waals surface area contributed by atoms with Crippen LogP contribution >= 0.6 is 0 Å². The molecule has 4 heteroatoms. The summed E-state index contributed by atoms with van der Waals surface area (Å²) in [5.74, 6) is 0. The zero-order chi connectivity index (χ0) is 6.50. The van der Waals surface area contributed by atoms with Crippen LogP contribution in [0.1, 0.15) is 6.92 Å². The minimum absolute atomic E-state index is 0. The van der Waals surface area contributed by atoms with Crippen molar-refractivity contribution in [2.45, 2.75) is 13.1 Å².